The van der Waals surface area contributed by atoms with Crippen molar-refractivity contribution in [2.45, 2.75) is 39.3 Å². The lowest BCUT2D eigenvalue weighted by Gasteiger charge is -2.30. The second-order valence-electron chi connectivity index (χ2n) is 7.71. The molecule has 0 spiro atoms. The van der Waals surface area contributed by atoms with Crippen LogP contribution in [0.2, 0.25) is 10.0 Å². The molecule has 0 aromatic heterocycles. The minimum atomic E-state index is -0.316. The van der Waals surface area contributed by atoms with Crippen LogP contribution in [0.1, 0.15) is 31.4 Å². The molecule has 0 amide bonds. The summed E-state index contributed by atoms with van der Waals surface area (Å²) < 4.78 is 0. The number of rotatable bonds is 6. The normalized spacial score (nSPS) is 17.1. The topological polar surface area (TPSA) is 58.4 Å². The molecule has 0 fully saturated rings. The van der Waals surface area contributed by atoms with Gasteiger partial charge in [-0.15, -0.1) is 0 Å². The molecule has 5 nitrogen and oxygen atoms in total. The SMILES string of the molecule is CC(C)CCN1Cc2cccc([N+](=O)[O-])c2NCC1Cc1ccc(Cl)c(Cl)c1. The van der Waals surface area contributed by atoms with Crippen LogP contribution in [0.25, 0.3) is 0 Å². The van der Waals surface area contributed by atoms with Crippen molar-refractivity contribution in [1.29, 1.82) is 0 Å². The zero-order valence-electron chi connectivity index (χ0n) is 16.1. The number of fused-ring (bicyclic) bond motifs is 1. The molecular weight excluding hydrogens is 397 g/mol. The first-order valence-corrected chi connectivity index (χ1v) is 10.3. The molecule has 0 saturated heterocycles. The number of para-hydroxylation sites is 1. The Balaban J connectivity index is 1.88. The molecular formula is C21H25Cl2N3O2. The lowest BCUT2D eigenvalue weighted by molar-refractivity contribution is -0.384. The molecule has 2 aromatic rings. The van der Waals surface area contributed by atoms with Gasteiger partial charge in [-0.25, -0.2) is 0 Å². The average molecular weight is 422 g/mol. The summed E-state index contributed by atoms with van der Waals surface area (Å²) in [5.41, 5.74) is 2.85. The first-order chi connectivity index (χ1) is 13.3. The van der Waals surface area contributed by atoms with E-state index in [2.05, 4.69) is 24.1 Å². The molecule has 7 heteroatoms. The Bertz CT molecular complexity index is 858. The van der Waals surface area contributed by atoms with Crippen molar-refractivity contribution < 1.29 is 4.92 Å². The van der Waals surface area contributed by atoms with Gasteiger partial charge in [-0.2, -0.15) is 0 Å². The van der Waals surface area contributed by atoms with Crippen molar-refractivity contribution in [3.63, 3.8) is 0 Å². The van der Waals surface area contributed by atoms with Crippen LogP contribution < -0.4 is 5.32 Å². The molecule has 1 heterocycles. The Morgan fingerprint density at radius 2 is 2.04 bits per heavy atom. The monoisotopic (exact) mass is 421 g/mol. The standard InChI is InChI=1S/C21H25Cl2N3O2/c1-14(2)8-9-25-13-16-4-3-5-20(26(27)28)21(16)24-12-17(25)10-15-6-7-18(22)19(23)11-15/h3-7,11,14,17,24H,8-10,12-13H2,1-2H3. The van der Waals surface area contributed by atoms with Crippen LogP contribution >= 0.6 is 23.2 Å². The number of nitrogens with zero attached hydrogens (tertiary/aromatic N) is 2. The molecule has 1 N–H and O–H groups in total. The van der Waals surface area contributed by atoms with E-state index in [1.54, 1.807) is 12.1 Å². The molecule has 3 rings (SSSR count). The second-order valence-corrected chi connectivity index (χ2v) is 8.52. The quantitative estimate of drug-likeness (QED) is 0.473. The number of nitrogens with one attached hydrogen (secondary N) is 1. The molecule has 1 atom stereocenters. The van der Waals surface area contributed by atoms with E-state index in [1.165, 1.54) is 0 Å². The van der Waals surface area contributed by atoms with Crippen LogP contribution in [0.4, 0.5) is 11.4 Å². The zero-order valence-corrected chi connectivity index (χ0v) is 17.6. The number of hydrogen-bond donors (Lipinski definition) is 1. The lowest BCUT2D eigenvalue weighted by atomic mass is 10.0. The molecule has 0 saturated carbocycles. The number of nitro groups is 1. The van der Waals surface area contributed by atoms with E-state index >= 15 is 0 Å². The number of halogens is 2. The average Bonchev–Trinajstić information content (AvgIpc) is 2.82. The highest BCUT2D eigenvalue weighted by Gasteiger charge is 2.27. The van der Waals surface area contributed by atoms with Crippen LogP contribution in [0.5, 0.6) is 0 Å². The lowest BCUT2D eigenvalue weighted by Crippen LogP contribution is -2.40. The highest BCUT2D eigenvalue weighted by atomic mass is 35.5. The summed E-state index contributed by atoms with van der Waals surface area (Å²) in [5.74, 6) is 0.589. The second kappa shape index (κ2) is 9.12. The third-order valence-corrected chi connectivity index (χ3v) is 5.92. The fourth-order valence-corrected chi connectivity index (χ4v) is 3.92. The van der Waals surface area contributed by atoms with Gasteiger partial charge in [-0.05, 0) is 48.6 Å². The first-order valence-electron chi connectivity index (χ1n) is 9.53. The van der Waals surface area contributed by atoms with Gasteiger partial charge in [0.15, 0.2) is 0 Å². The van der Waals surface area contributed by atoms with E-state index in [1.807, 2.05) is 24.3 Å². The summed E-state index contributed by atoms with van der Waals surface area (Å²) in [4.78, 5) is 13.6. The Morgan fingerprint density at radius 1 is 1.25 bits per heavy atom. The summed E-state index contributed by atoms with van der Waals surface area (Å²) in [5, 5.41) is 15.9. The van der Waals surface area contributed by atoms with Crippen LogP contribution in [0.15, 0.2) is 36.4 Å². The fraction of sp³-hybridized carbons (Fsp3) is 0.429. The predicted molar refractivity (Wildman–Crippen MR) is 115 cm³/mol. The van der Waals surface area contributed by atoms with E-state index in [4.69, 9.17) is 23.2 Å². The fourth-order valence-electron chi connectivity index (χ4n) is 3.60. The molecule has 1 aliphatic rings. The number of hydrogen-bond acceptors (Lipinski definition) is 4. The van der Waals surface area contributed by atoms with Crippen molar-refractivity contribution in [1.82, 2.24) is 4.90 Å². The predicted octanol–water partition coefficient (Wildman–Crippen LogP) is 5.79. The van der Waals surface area contributed by atoms with Crippen molar-refractivity contribution in [2.75, 3.05) is 18.4 Å². The zero-order chi connectivity index (χ0) is 20.3. The van der Waals surface area contributed by atoms with E-state index in [0.717, 1.165) is 30.5 Å². The number of anilines is 1. The molecule has 0 bridgehead atoms. The Morgan fingerprint density at radius 3 is 2.71 bits per heavy atom. The maximum atomic E-state index is 11.4. The van der Waals surface area contributed by atoms with Gasteiger partial charge < -0.3 is 5.32 Å². The van der Waals surface area contributed by atoms with Gasteiger partial charge in [-0.1, -0.05) is 55.2 Å². The van der Waals surface area contributed by atoms with Crippen LogP contribution in [-0.4, -0.2) is 29.0 Å². The van der Waals surface area contributed by atoms with Gasteiger partial charge >= 0.3 is 0 Å². The summed E-state index contributed by atoms with van der Waals surface area (Å²) >= 11 is 12.2. The van der Waals surface area contributed by atoms with E-state index in [-0.39, 0.29) is 16.7 Å². The highest BCUT2D eigenvalue weighted by molar-refractivity contribution is 6.42. The first kappa shape index (κ1) is 20.9. The molecule has 28 heavy (non-hydrogen) atoms. The van der Waals surface area contributed by atoms with E-state index in [0.29, 0.717) is 34.7 Å². The van der Waals surface area contributed by atoms with E-state index < -0.39 is 0 Å². The molecule has 1 unspecified atom stereocenters. The maximum absolute atomic E-state index is 11.4. The summed E-state index contributed by atoms with van der Waals surface area (Å²) in [7, 11) is 0. The number of benzene rings is 2. The van der Waals surface area contributed by atoms with Gasteiger partial charge in [0.25, 0.3) is 5.69 Å². The van der Waals surface area contributed by atoms with Crippen molar-refractivity contribution >= 4 is 34.6 Å². The summed E-state index contributed by atoms with van der Waals surface area (Å²) in [6, 6.07) is 11.2. The molecule has 0 aliphatic carbocycles. The van der Waals surface area contributed by atoms with Crippen LogP contribution in [0.3, 0.4) is 0 Å². The minimum absolute atomic E-state index is 0.136. The third kappa shape index (κ3) is 4.96. The molecule has 150 valence electrons. The third-order valence-electron chi connectivity index (χ3n) is 5.18. The van der Waals surface area contributed by atoms with Crippen molar-refractivity contribution in [2.24, 2.45) is 5.92 Å². The van der Waals surface area contributed by atoms with Crippen LogP contribution in [0, 0.1) is 16.0 Å². The molecule has 2 aromatic carbocycles. The van der Waals surface area contributed by atoms with Gasteiger partial charge in [0, 0.05) is 25.2 Å². The maximum Gasteiger partial charge on any atom is 0.292 e. The van der Waals surface area contributed by atoms with Gasteiger partial charge in [-0.3, -0.25) is 15.0 Å². The summed E-state index contributed by atoms with van der Waals surface area (Å²) in [6.45, 7) is 6.68. The highest BCUT2D eigenvalue weighted by Crippen LogP contribution is 2.33. The van der Waals surface area contributed by atoms with Crippen molar-refractivity contribution in [3.8, 4) is 0 Å². The van der Waals surface area contributed by atoms with Gasteiger partial charge in [0.1, 0.15) is 5.69 Å². The Kier molecular flexibility index (Phi) is 6.81. The van der Waals surface area contributed by atoms with Gasteiger partial charge in [0.05, 0.1) is 15.0 Å². The van der Waals surface area contributed by atoms with Crippen molar-refractivity contribution in [3.05, 3.63) is 67.7 Å². The van der Waals surface area contributed by atoms with Gasteiger partial charge in [0.2, 0.25) is 0 Å². The minimum Gasteiger partial charge on any atom is -0.378 e. The van der Waals surface area contributed by atoms with Crippen LogP contribution in [-0.2, 0) is 13.0 Å². The Labute approximate surface area is 175 Å². The molecule has 0 radical (unpaired) electrons. The summed E-state index contributed by atoms with van der Waals surface area (Å²) in [6.07, 6.45) is 1.87. The smallest absolute Gasteiger partial charge is 0.292 e. The molecule has 1 aliphatic heterocycles. The number of nitro benzene ring substituents is 1. The largest absolute Gasteiger partial charge is 0.378 e. The van der Waals surface area contributed by atoms with E-state index in [9.17, 15) is 10.1 Å². The Hall–Kier alpha value is -1.82.